The van der Waals surface area contributed by atoms with Crippen molar-refractivity contribution in [3.05, 3.63) is 53.2 Å². The van der Waals surface area contributed by atoms with Gasteiger partial charge in [-0.3, -0.25) is 0 Å². The summed E-state index contributed by atoms with van der Waals surface area (Å²) in [7, 11) is 0. The summed E-state index contributed by atoms with van der Waals surface area (Å²) in [6.45, 7) is 0. The zero-order valence-corrected chi connectivity index (χ0v) is 10.3. The van der Waals surface area contributed by atoms with Gasteiger partial charge in [0.15, 0.2) is 5.75 Å². The fraction of sp³-hybridized carbons (Fsp3) is 0. The van der Waals surface area contributed by atoms with E-state index in [0.717, 1.165) is 0 Å². The highest BCUT2D eigenvalue weighted by molar-refractivity contribution is 9.10. The summed E-state index contributed by atoms with van der Waals surface area (Å²) >= 11 is 3.18. The first kappa shape index (κ1) is 11.6. The van der Waals surface area contributed by atoms with Gasteiger partial charge < -0.3 is 9.15 Å². The number of aromatic nitrogens is 1. The zero-order chi connectivity index (χ0) is 12.1. The quantitative estimate of drug-likeness (QED) is 0.496. The minimum absolute atomic E-state index is 0.376. The fourth-order valence-electron chi connectivity index (χ4n) is 1.13. The number of nitrogens with zero attached hydrogens (tertiary/aromatic N) is 1. The topological polar surface area (TPSA) is 52.3 Å². The van der Waals surface area contributed by atoms with Crippen LogP contribution in [0.2, 0.25) is 0 Å². The molecule has 2 rings (SSSR count). The first-order valence-electron chi connectivity index (χ1n) is 4.79. The van der Waals surface area contributed by atoms with Gasteiger partial charge in [0.05, 0.1) is 6.26 Å². The Bertz CT molecular complexity index is 534. The summed E-state index contributed by atoms with van der Waals surface area (Å²) < 4.78 is 10.6. The number of ether oxygens (including phenoxy) is 1. The van der Waals surface area contributed by atoms with Gasteiger partial charge in [0.2, 0.25) is 0 Å². The molecule has 0 aliphatic rings. The lowest BCUT2D eigenvalue weighted by molar-refractivity contribution is -0.128. The van der Waals surface area contributed by atoms with Gasteiger partial charge >= 0.3 is 5.97 Å². The van der Waals surface area contributed by atoms with Crippen LogP contribution in [0.5, 0.6) is 5.75 Å². The van der Waals surface area contributed by atoms with Crippen LogP contribution in [0.3, 0.4) is 0 Å². The number of carbonyl (C=O) groups is 1. The van der Waals surface area contributed by atoms with E-state index >= 15 is 0 Å². The van der Waals surface area contributed by atoms with Crippen LogP contribution in [0.4, 0.5) is 0 Å². The molecule has 17 heavy (non-hydrogen) atoms. The molecule has 5 heteroatoms. The Labute approximate surface area is 106 Å². The predicted octanol–water partition coefficient (Wildman–Crippen LogP) is 3.06. The van der Waals surface area contributed by atoms with Gasteiger partial charge in [0.1, 0.15) is 10.4 Å². The second kappa shape index (κ2) is 5.45. The largest absolute Gasteiger partial charge is 0.465 e. The first-order valence-corrected chi connectivity index (χ1v) is 5.59. The van der Waals surface area contributed by atoms with Gasteiger partial charge in [0, 0.05) is 12.3 Å². The molecular formula is C12H8BrNO3. The SMILES string of the molecule is O=C(/C=C/c1ccco1)Oc1cccnc1Br. The molecule has 2 heterocycles. The number of pyridine rings is 1. The van der Waals surface area contributed by atoms with E-state index in [4.69, 9.17) is 9.15 Å². The highest BCUT2D eigenvalue weighted by atomic mass is 79.9. The van der Waals surface area contributed by atoms with Gasteiger partial charge in [-0.1, -0.05) is 0 Å². The van der Waals surface area contributed by atoms with Crippen molar-refractivity contribution in [2.75, 3.05) is 0 Å². The Morgan fingerprint density at radius 1 is 1.41 bits per heavy atom. The Hall–Kier alpha value is -1.88. The van der Waals surface area contributed by atoms with Crippen LogP contribution in [0.15, 0.2) is 51.8 Å². The lowest BCUT2D eigenvalue weighted by Gasteiger charge is -2.01. The van der Waals surface area contributed by atoms with E-state index in [9.17, 15) is 4.79 Å². The van der Waals surface area contributed by atoms with Crippen molar-refractivity contribution in [3.63, 3.8) is 0 Å². The van der Waals surface area contributed by atoms with E-state index in [1.165, 1.54) is 18.4 Å². The monoisotopic (exact) mass is 293 g/mol. The van der Waals surface area contributed by atoms with Crippen molar-refractivity contribution in [2.45, 2.75) is 0 Å². The number of hydrogen-bond acceptors (Lipinski definition) is 4. The Morgan fingerprint density at radius 2 is 2.29 bits per heavy atom. The van der Waals surface area contributed by atoms with E-state index in [1.54, 1.807) is 30.5 Å². The first-order chi connectivity index (χ1) is 8.25. The van der Waals surface area contributed by atoms with E-state index < -0.39 is 5.97 Å². The van der Waals surface area contributed by atoms with E-state index in [2.05, 4.69) is 20.9 Å². The normalized spacial score (nSPS) is 10.6. The molecule has 0 spiro atoms. The summed E-state index contributed by atoms with van der Waals surface area (Å²) in [6, 6.07) is 6.81. The van der Waals surface area contributed by atoms with Gasteiger partial charge in [0.25, 0.3) is 0 Å². The standard InChI is InChI=1S/C12H8BrNO3/c13-12-10(4-1-7-14-12)17-11(15)6-5-9-3-2-8-16-9/h1-8H/b6-5+. The number of halogens is 1. The molecule has 0 bridgehead atoms. The number of rotatable bonds is 3. The molecule has 2 aromatic heterocycles. The molecule has 86 valence electrons. The van der Waals surface area contributed by atoms with Crippen molar-refractivity contribution < 1.29 is 13.9 Å². The van der Waals surface area contributed by atoms with Crippen LogP contribution < -0.4 is 4.74 Å². The second-order valence-electron chi connectivity index (χ2n) is 3.06. The third-order valence-corrected chi connectivity index (χ3v) is 2.46. The maximum Gasteiger partial charge on any atom is 0.336 e. The molecule has 0 aliphatic carbocycles. The average Bonchev–Trinajstić information content (AvgIpc) is 2.82. The fourth-order valence-corrected chi connectivity index (χ4v) is 1.46. The van der Waals surface area contributed by atoms with Gasteiger partial charge in [-0.15, -0.1) is 0 Å². The molecule has 0 radical (unpaired) electrons. The third-order valence-electron chi connectivity index (χ3n) is 1.86. The van der Waals surface area contributed by atoms with Gasteiger partial charge in [-0.2, -0.15) is 0 Å². The molecule has 0 aliphatic heterocycles. The Balaban J connectivity index is 2.01. The average molecular weight is 294 g/mol. The van der Waals surface area contributed by atoms with Crippen molar-refractivity contribution >= 4 is 28.0 Å². The van der Waals surface area contributed by atoms with Crippen LogP contribution >= 0.6 is 15.9 Å². The lowest BCUT2D eigenvalue weighted by atomic mass is 10.4. The maximum absolute atomic E-state index is 11.5. The number of furan rings is 1. The maximum atomic E-state index is 11.5. The molecule has 0 atom stereocenters. The molecule has 0 amide bonds. The Kier molecular flexibility index (Phi) is 3.72. The second-order valence-corrected chi connectivity index (χ2v) is 3.81. The van der Waals surface area contributed by atoms with Crippen LogP contribution in [-0.4, -0.2) is 11.0 Å². The summed E-state index contributed by atoms with van der Waals surface area (Å²) in [4.78, 5) is 15.4. The van der Waals surface area contributed by atoms with Crippen molar-refractivity contribution in [2.24, 2.45) is 0 Å². The van der Waals surface area contributed by atoms with E-state index in [0.29, 0.717) is 16.1 Å². The highest BCUT2D eigenvalue weighted by Gasteiger charge is 2.05. The minimum Gasteiger partial charge on any atom is -0.465 e. The molecular weight excluding hydrogens is 286 g/mol. The van der Waals surface area contributed by atoms with Crippen molar-refractivity contribution in [1.29, 1.82) is 0 Å². The molecule has 4 nitrogen and oxygen atoms in total. The summed E-state index contributed by atoms with van der Waals surface area (Å²) in [6.07, 6.45) is 5.95. The zero-order valence-electron chi connectivity index (χ0n) is 8.67. The summed E-state index contributed by atoms with van der Waals surface area (Å²) in [5, 5.41) is 0. The number of hydrogen-bond donors (Lipinski definition) is 0. The molecule has 0 fully saturated rings. The number of esters is 1. The molecule has 0 N–H and O–H groups in total. The van der Waals surface area contributed by atoms with Crippen LogP contribution in [0, 0.1) is 0 Å². The lowest BCUT2D eigenvalue weighted by Crippen LogP contribution is -2.04. The molecule has 2 aromatic rings. The molecule has 0 saturated carbocycles. The van der Waals surface area contributed by atoms with Crippen LogP contribution in [-0.2, 0) is 4.79 Å². The van der Waals surface area contributed by atoms with E-state index in [-0.39, 0.29) is 0 Å². The molecule has 0 saturated heterocycles. The van der Waals surface area contributed by atoms with Crippen LogP contribution in [0.25, 0.3) is 6.08 Å². The van der Waals surface area contributed by atoms with Crippen LogP contribution in [0.1, 0.15) is 5.76 Å². The third kappa shape index (κ3) is 3.29. The molecule has 0 unspecified atom stereocenters. The summed E-state index contributed by atoms with van der Waals surface area (Å²) in [5.41, 5.74) is 0. The summed E-state index contributed by atoms with van der Waals surface area (Å²) in [5.74, 6) is 0.476. The van der Waals surface area contributed by atoms with Gasteiger partial charge in [-0.05, 0) is 46.3 Å². The number of carbonyl (C=O) groups excluding carboxylic acids is 1. The smallest absolute Gasteiger partial charge is 0.336 e. The van der Waals surface area contributed by atoms with E-state index in [1.807, 2.05) is 0 Å². The Morgan fingerprint density at radius 3 is 3.00 bits per heavy atom. The van der Waals surface area contributed by atoms with Gasteiger partial charge in [-0.25, -0.2) is 9.78 Å². The van der Waals surface area contributed by atoms with Crippen molar-refractivity contribution in [1.82, 2.24) is 4.98 Å². The minimum atomic E-state index is -0.491. The van der Waals surface area contributed by atoms with Crippen molar-refractivity contribution in [3.8, 4) is 5.75 Å². The molecule has 0 aromatic carbocycles. The predicted molar refractivity (Wildman–Crippen MR) is 65.3 cm³/mol. The highest BCUT2D eigenvalue weighted by Crippen LogP contribution is 2.21.